The van der Waals surface area contributed by atoms with Gasteiger partial charge in [0.25, 0.3) is 5.91 Å². The van der Waals surface area contributed by atoms with Crippen LogP contribution in [-0.2, 0) is 5.54 Å². The highest BCUT2D eigenvalue weighted by Gasteiger charge is 2.27. The lowest BCUT2D eigenvalue weighted by Crippen LogP contribution is -2.24. The average molecular weight is 486 g/mol. The van der Waals surface area contributed by atoms with E-state index < -0.39 is 5.57 Å². The number of carbonyl (C=O) groups is 1. The van der Waals surface area contributed by atoms with Crippen LogP contribution in [0.3, 0.4) is 0 Å². The van der Waals surface area contributed by atoms with Crippen molar-refractivity contribution < 1.29 is 18.3 Å². The van der Waals surface area contributed by atoms with Gasteiger partial charge in [0.1, 0.15) is 12.1 Å². The smallest absolute Gasteiger partial charge is 0.420 e. The summed E-state index contributed by atoms with van der Waals surface area (Å²) in [4.78, 5) is 25.9. The lowest BCUT2D eigenvalue weighted by molar-refractivity contribution is -0.0964. The standard InChI is InChI=1S/C24H22ClF2N5O2/c1-4-23(2,3)32-14-30-20-10-15(9-19(21(20)32)16-11-28-13-29-12-16)22(33)31-17-5-7-18(8-6-17)34-24(25,26)27/h5-14H,4H2,1-3H3,(H,31,33). The molecule has 0 saturated carbocycles. The summed E-state index contributed by atoms with van der Waals surface area (Å²) >= 11 is 4.78. The van der Waals surface area contributed by atoms with E-state index >= 15 is 0 Å². The minimum Gasteiger partial charge on any atom is -0.420 e. The molecule has 2 aromatic heterocycles. The number of benzene rings is 2. The molecular formula is C24H22ClF2N5O2. The summed E-state index contributed by atoms with van der Waals surface area (Å²) in [6.07, 6.45) is 7.46. The molecule has 0 fully saturated rings. The number of halogens is 3. The molecule has 1 amide bonds. The molecule has 0 bridgehead atoms. The molecule has 0 spiro atoms. The number of alkyl halides is 3. The lowest BCUT2D eigenvalue weighted by atomic mass is 9.98. The van der Waals surface area contributed by atoms with Crippen LogP contribution in [0, 0.1) is 0 Å². The zero-order valence-electron chi connectivity index (χ0n) is 18.7. The number of aromatic nitrogens is 4. The van der Waals surface area contributed by atoms with Crippen molar-refractivity contribution >= 4 is 34.2 Å². The summed E-state index contributed by atoms with van der Waals surface area (Å²) in [6.45, 7) is 6.34. The normalized spacial score (nSPS) is 12.1. The third kappa shape index (κ3) is 4.99. The number of rotatable bonds is 7. The highest BCUT2D eigenvalue weighted by atomic mass is 35.5. The van der Waals surface area contributed by atoms with Crippen molar-refractivity contribution in [3.05, 3.63) is 67.0 Å². The first-order valence-electron chi connectivity index (χ1n) is 10.5. The van der Waals surface area contributed by atoms with Crippen molar-refractivity contribution in [1.29, 1.82) is 0 Å². The Morgan fingerprint density at radius 2 is 1.82 bits per heavy atom. The maximum Gasteiger partial charge on any atom is 0.487 e. The number of imidazole rings is 1. The van der Waals surface area contributed by atoms with Gasteiger partial charge in [-0.1, -0.05) is 6.92 Å². The molecule has 4 rings (SSSR count). The van der Waals surface area contributed by atoms with E-state index in [2.05, 4.69) is 50.3 Å². The Balaban J connectivity index is 1.71. The highest BCUT2D eigenvalue weighted by molar-refractivity contribution is 6.20. The monoisotopic (exact) mass is 485 g/mol. The summed E-state index contributed by atoms with van der Waals surface area (Å²) in [6, 6.07) is 8.95. The third-order valence-corrected chi connectivity index (χ3v) is 5.72. The quantitative estimate of drug-likeness (QED) is 0.322. The molecule has 0 aliphatic heterocycles. The molecule has 10 heteroatoms. The Labute approximate surface area is 199 Å². The van der Waals surface area contributed by atoms with Crippen LogP contribution in [0.25, 0.3) is 22.2 Å². The van der Waals surface area contributed by atoms with Crippen LogP contribution in [0.4, 0.5) is 14.5 Å². The summed E-state index contributed by atoms with van der Waals surface area (Å²) in [7, 11) is 0. The van der Waals surface area contributed by atoms with Crippen molar-refractivity contribution in [3.63, 3.8) is 0 Å². The van der Waals surface area contributed by atoms with E-state index in [-0.39, 0.29) is 17.2 Å². The van der Waals surface area contributed by atoms with Gasteiger partial charge in [0.05, 0.1) is 17.4 Å². The number of amides is 1. The second kappa shape index (κ2) is 8.98. The third-order valence-electron chi connectivity index (χ3n) is 5.64. The fraction of sp³-hybridized carbons (Fsp3) is 0.250. The molecule has 0 atom stereocenters. The molecule has 0 saturated heterocycles. The van der Waals surface area contributed by atoms with Gasteiger partial charge in [-0.3, -0.25) is 4.79 Å². The molecule has 4 aromatic rings. The maximum absolute atomic E-state index is 13.1. The van der Waals surface area contributed by atoms with Crippen molar-refractivity contribution in [1.82, 2.24) is 19.5 Å². The van der Waals surface area contributed by atoms with Crippen LogP contribution in [0.2, 0.25) is 0 Å². The van der Waals surface area contributed by atoms with Crippen LogP contribution in [-0.4, -0.2) is 31.0 Å². The molecule has 176 valence electrons. The van der Waals surface area contributed by atoms with Crippen molar-refractivity contribution in [2.45, 2.75) is 38.3 Å². The predicted molar refractivity (Wildman–Crippen MR) is 126 cm³/mol. The van der Waals surface area contributed by atoms with Gasteiger partial charge in [0.2, 0.25) is 0 Å². The first-order valence-corrected chi connectivity index (χ1v) is 10.9. The van der Waals surface area contributed by atoms with Crippen LogP contribution >= 0.6 is 11.6 Å². The van der Waals surface area contributed by atoms with Crippen LogP contribution < -0.4 is 10.1 Å². The van der Waals surface area contributed by atoms with Crippen LogP contribution in [0.1, 0.15) is 37.6 Å². The van der Waals surface area contributed by atoms with Gasteiger partial charge in [-0.25, -0.2) is 15.0 Å². The van der Waals surface area contributed by atoms with E-state index in [1.807, 2.05) is 0 Å². The lowest BCUT2D eigenvalue weighted by Gasteiger charge is -2.26. The molecule has 7 nitrogen and oxygen atoms in total. The zero-order chi connectivity index (χ0) is 24.5. The topological polar surface area (TPSA) is 81.9 Å². The largest absolute Gasteiger partial charge is 0.487 e. The molecule has 2 heterocycles. The second-order valence-corrected chi connectivity index (χ2v) is 8.77. The van der Waals surface area contributed by atoms with E-state index in [0.29, 0.717) is 16.8 Å². The number of anilines is 1. The first-order chi connectivity index (χ1) is 16.1. The van der Waals surface area contributed by atoms with Crippen LogP contribution in [0.15, 0.2) is 61.4 Å². The van der Waals surface area contributed by atoms with E-state index in [0.717, 1.165) is 23.1 Å². The predicted octanol–water partition coefficient (Wildman–Crippen LogP) is 6.06. The molecule has 2 aromatic carbocycles. The molecule has 1 N–H and O–H groups in total. The Morgan fingerprint density at radius 3 is 2.44 bits per heavy atom. The fourth-order valence-electron chi connectivity index (χ4n) is 3.51. The molecule has 0 radical (unpaired) electrons. The van der Waals surface area contributed by atoms with Gasteiger partial charge in [0, 0.05) is 51.9 Å². The molecular weight excluding hydrogens is 464 g/mol. The highest BCUT2D eigenvalue weighted by Crippen LogP contribution is 2.34. The minimum atomic E-state index is -3.81. The Kier molecular flexibility index (Phi) is 6.22. The molecule has 34 heavy (non-hydrogen) atoms. The van der Waals surface area contributed by atoms with Gasteiger partial charge >= 0.3 is 5.57 Å². The zero-order valence-corrected chi connectivity index (χ0v) is 19.5. The summed E-state index contributed by atoms with van der Waals surface area (Å²) < 4.78 is 32.0. The van der Waals surface area contributed by atoms with Gasteiger partial charge in [-0.15, -0.1) is 8.78 Å². The number of fused-ring (bicyclic) bond motifs is 1. The molecule has 0 unspecified atom stereocenters. The second-order valence-electron chi connectivity index (χ2n) is 8.33. The number of hydrogen-bond donors (Lipinski definition) is 1. The Morgan fingerprint density at radius 1 is 1.15 bits per heavy atom. The van der Waals surface area contributed by atoms with E-state index in [1.54, 1.807) is 30.9 Å². The van der Waals surface area contributed by atoms with E-state index in [9.17, 15) is 13.6 Å². The number of hydrogen-bond acceptors (Lipinski definition) is 5. The Hall–Kier alpha value is -3.59. The molecule has 0 aliphatic carbocycles. The average Bonchev–Trinajstić information content (AvgIpc) is 3.24. The molecule has 0 aliphatic rings. The minimum absolute atomic E-state index is 0.130. The first kappa shape index (κ1) is 23.6. The van der Waals surface area contributed by atoms with Gasteiger partial charge in [-0.2, -0.15) is 0 Å². The SMILES string of the molecule is CCC(C)(C)n1cnc2cc(C(=O)Nc3ccc(OC(F)(F)Cl)cc3)cc(-c3cncnc3)c21. The van der Waals surface area contributed by atoms with Crippen LogP contribution in [0.5, 0.6) is 5.75 Å². The van der Waals surface area contributed by atoms with Gasteiger partial charge in [0.15, 0.2) is 0 Å². The van der Waals surface area contributed by atoms with Crippen molar-refractivity contribution in [2.24, 2.45) is 0 Å². The Bertz CT molecular complexity index is 1320. The van der Waals surface area contributed by atoms with Crippen molar-refractivity contribution in [2.75, 3.05) is 5.32 Å². The number of nitrogens with zero attached hydrogens (tertiary/aromatic N) is 4. The number of nitrogens with one attached hydrogen (secondary N) is 1. The van der Waals surface area contributed by atoms with Gasteiger partial charge in [-0.05, 0) is 56.7 Å². The summed E-state index contributed by atoms with van der Waals surface area (Å²) in [5.74, 6) is -0.518. The fourth-order valence-corrected chi connectivity index (χ4v) is 3.60. The van der Waals surface area contributed by atoms with Gasteiger partial charge < -0.3 is 14.6 Å². The van der Waals surface area contributed by atoms with E-state index in [4.69, 9.17) is 11.6 Å². The summed E-state index contributed by atoms with van der Waals surface area (Å²) in [5.41, 5.74) is -0.186. The number of ether oxygens (including phenoxy) is 1. The maximum atomic E-state index is 13.1. The summed E-state index contributed by atoms with van der Waals surface area (Å²) in [5, 5.41) is 2.76. The number of carbonyl (C=O) groups excluding carboxylic acids is 1. The van der Waals surface area contributed by atoms with Crippen molar-refractivity contribution in [3.8, 4) is 16.9 Å². The van der Waals surface area contributed by atoms with E-state index in [1.165, 1.54) is 30.6 Å².